The number of carbonyl (C=O) groups excluding carboxylic acids is 2. The lowest BCUT2D eigenvalue weighted by atomic mass is 9.83. The number of alkyl halides is 3. The summed E-state index contributed by atoms with van der Waals surface area (Å²) < 4.78 is 43.8. The predicted octanol–water partition coefficient (Wildman–Crippen LogP) is 4.55. The van der Waals surface area contributed by atoms with Gasteiger partial charge in [-0.3, -0.25) is 14.5 Å². The lowest BCUT2D eigenvalue weighted by Gasteiger charge is -2.29. The van der Waals surface area contributed by atoms with Crippen LogP contribution in [0.2, 0.25) is 0 Å². The topological polar surface area (TPSA) is 96.8 Å². The van der Waals surface area contributed by atoms with Crippen molar-refractivity contribution in [3.05, 3.63) is 89.0 Å². The Morgan fingerprint density at radius 1 is 1.12 bits per heavy atom. The molecule has 5 rings (SSSR count). The molecular weight excluding hydrogens is 521 g/mol. The van der Waals surface area contributed by atoms with Gasteiger partial charge in [-0.1, -0.05) is 50.2 Å². The van der Waals surface area contributed by atoms with Crippen molar-refractivity contribution >= 4 is 17.8 Å². The first-order valence-corrected chi connectivity index (χ1v) is 13.2. The molecule has 1 atom stereocenters. The van der Waals surface area contributed by atoms with Crippen LogP contribution in [0.4, 0.5) is 13.2 Å². The Bertz CT molecular complexity index is 1450. The van der Waals surface area contributed by atoms with Crippen LogP contribution in [0.15, 0.2) is 65.9 Å². The van der Waals surface area contributed by atoms with Gasteiger partial charge in [0.1, 0.15) is 5.82 Å². The summed E-state index contributed by atoms with van der Waals surface area (Å²) in [5.41, 5.74) is 4.61. The minimum Gasteiger partial charge on any atom is -0.369 e. The van der Waals surface area contributed by atoms with Gasteiger partial charge in [0.15, 0.2) is 11.5 Å². The van der Waals surface area contributed by atoms with Crippen molar-refractivity contribution in [3.63, 3.8) is 0 Å². The fraction of sp³-hybridized carbons (Fsp3) is 0.379. The molecule has 0 saturated heterocycles. The molecule has 210 valence electrons. The molecule has 0 bridgehead atoms. The highest BCUT2D eigenvalue weighted by Crippen LogP contribution is 2.39. The SMILES string of the molecule is CC(C)CC[C@]1(c2ccccc2)N=C(N)N(Cc2ccc(C(F)(F)F)c(C(=O)N3CCn4ccnc4C3)c2)C1=O. The van der Waals surface area contributed by atoms with E-state index in [1.165, 1.54) is 21.9 Å². The highest BCUT2D eigenvalue weighted by molar-refractivity contribution is 6.07. The fourth-order valence-corrected chi connectivity index (χ4v) is 5.30. The van der Waals surface area contributed by atoms with Gasteiger partial charge >= 0.3 is 6.18 Å². The third-order valence-corrected chi connectivity index (χ3v) is 7.51. The summed E-state index contributed by atoms with van der Waals surface area (Å²) >= 11 is 0. The molecule has 1 aromatic heterocycles. The lowest BCUT2D eigenvalue weighted by Crippen LogP contribution is -2.43. The van der Waals surface area contributed by atoms with Crippen molar-refractivity contribution in [1.82, 2.24) is 19.4 Å². The van der Waals surface area contributed by atoms with Crippen molar-refractivity contribution in [2.24, 2.45) is 16.6 Å². The third kappa shape index (κ3) is 5.07. The smallest absolute Gasteiger partial charge is 0.369 e. The molecule has 0 aliphatic carbocycles. The average Bonchev–Trinajstić information content (AvgIpc) is 3.49. The fourth-order valence-electron chi connectivity index (χ4n) is 5.30. The largest absolute Gasteiger partial charge is 0.417 e. The number of carbonyl (C=O) groups is 2. The van der Waals surface area contributed by atoms with Crippen molar-refractivity contribution < 1.29 is 22.8 Å². The van der Waals surface area contributed by atoms with Gasteiger partial charge in [-0.15, -0.1) is 0 Å². The Morgan fingerprint density at radius 3 is 2.58 bits per heavy atom. The van der Waals surface area contributed by atoms with Crippen LogP contribution in [0.25, 0.3) is 0 Å². The van der Waals surface area contributed by atoms with Crippen LogP contribution in [-0.4, -0.2) is 43.7 Å². The number of aliphatic imine (C=N–C) groups is 1. The molecule has 0 saturated carbocycles. The molecule has 2 aliphatic rings. The summed E-state index contributed by atoms with van der Waals surface area (Å²) in [6.45, 7) is 4.79. The molecule has 0 radical (unpaired) electrons. The Kier molecular flexibility index (Phi) is 7.16. The molecule has 8 nitrogen and oxygen atoms in total. The van der Waals surface area contributed by atoms with Gasteiger partial charge in [-0.05, 0) is 42.0 Å². The van der Waals surface area contributed by atoms with E-state index < -0.39 is 28.7 Å². The number of halogens is 3. The van der Waals surface area contributed by atoms with E-state index in [1.807, 2.05) is 34.9 Å². The second kappa shape index (κ2) is 10.4. The van der Waals surface area contributed by atoms with E-state index in [2.05, 4.69) is 23.8 Å². The number of aromatic nitrogens is 2. The number of imidazole rings is 1. The number of nitrogens with two attached hydrogens (primary N) is 1. The number of hydrogen-bond acceptors (Lipinski definition) is 5. The van der Waals surface area contributed by atoms with E-state index in [9.17, 15) is 22.8 Å². The second-order valence-corrected chi connectivity index (χ2v) is 10.7. The molecule has 2 N–H and O–H groups in total. The predicted molar refractivity (Wildman–Crippen MR) is 143 cm³/mol. The van der Waals surface area contributed by atoms with Crippen LogP contribution < -0.4 is 5.73 Å². The Balaban J connectivity index is 1.46. The first-order valence-electron chi connectivity index (χ1n) is 13.2. The normalized spacial score (nSPS) is 19.2. The molecule has 0 fully saturated rings. The van der Waals surface area contributed by atoms with Crippen LogP contribution >= 0.6 is 0 Å². The van der Waals surface area contributed by atoms with Gasteiger partial charge in [0.25, 0.3) is 11.8 Å². The van der Waals surface area contributed by atoms with Crippen molar-refractivity contribution in [2.45, 2.75) is 58.0 Å². The zero-order chi connectivity index (χ0) is 28.7. The molecule has 3 heterocycles. The zero-order valence-electron chi connectivity index (χ0n) is 22.4. The number of nitrogens with zero attached hydrogens (tertiary/aromatic N) is 5. The van der Waals surface area contributed by atoms with Gasteiger partial charge in [0.2, 0.25) is 0 Å². The number of hydrogen-bond donors (Lipinski definition) is 1. The molecular formula is C29H31F3N6O2. The maximum atomic E-state index is 14.0. The molecule has 0 unspecified atom stereocenters. The van der Waals surface area contributed by atoms with Crippen LogP contribution in [0.1, 0.15) is 59.6 Å². The summed E-state index contributed by atoms with van der Waals surface area (Å²) in [6.07, 6.45) is -0.208. The van der Waals surface area contributed by atoms with Crippen molar-refractivity contribution in [3.8, 4) is 0 Å². The van der Waals surface area contributed by atoms with Gasteiger partial charge in [-0.25, -0.2) is 9.98 Å². The van der Waals surface area contributed by atoms with Gasteiger partial charge in [0.05, 0.1) is 24.2 Å². The number of guanidine groups is 1. The van der Waals surface area contributed by atoms with Gasteiger partial charge < -0.3 is 15.2 Å². The van der Waals surface area contributed by atoms with Crippen LogP contribution in [0.5, 0.6) is 0 Å². The summed E-state index contributed by atoms with van der Waals surface area (Å²) in [6, 6.07) is 12.5. The monoisotopic (exact) mass is 552 g/mol. The molecule has 2 aliphatic heterocycles. The van der Waals surface area contributed by atoms with Crippen LogP contribution in [-0.2, 0) is 36.1 Å². The first kappa shape index (κ1) is 27.4. The minimum absolute atomic E-state index is 0.00625. The summed E-state index contributed by atoms with van der Waals surface area (Å²) in [4.78, 5) is 38.8. The molecule has 0 spiro atoms. The van der Waals surface area contributed by atoms with Gasteiger partial charge in [-0.2, -0.15) is 13.2 Å². The van der Waals surface area contributed by atoms with Crippen molar-refractivity contribution in [1.29, 1.82) is 0 Å². The van der Waals surface area contributed by atoms with E-state index in [-0.39, 0.29) is 31.5 Å². The average molecular weight is 553 g/mol. The number of rotatable bonds is 7. The number of amides is 2. The van der Waals surface area contributed by atoms with E-state index in [4.69, 9.17) is 5.73 Å². The molecule has 3 aromatic rings. The number of benzene rings is 2. The maximum absolute atomic E-state index is 14.0. The van der Waals surface area contributed by atoms with E-state index in [0.717, 1.165) is 12.5 Å². The minimum atomic E-state index is -4.74. The van der Waals surface area contributed by atoms with E-state index in [1.54, 1.807) is 12.4 Å². The van der Waals surface area contributed by atoms with Gasteiger partial charge in [0, 0.05) is 25.5 Å². The Hall–Kier alpha value is -4.15. The highest BCUT2D eigenvalue weighted by Gasteiger charge is 2.49. The zero-order valence-corrected chi connectivity index (χ0v) is 22.4. The van der Waals surface area contributed by atoms with Crippen molar-refractivity contribution in [2.75, 3.05) is 6.54 Å². The summed E-state index contributed by atoms with van der Waals surface area (Å²) in [5, 5.41) is 0. The Morgan fingerprint density at radius 2 is 1.88 bits per heavy atom. The molecule has 40 heavy (non-hydrogen) atoms. The summed E-state index contributed by atoms with van der Waals surface area (Å²) in [7, 11) is 0. The standard InChI is InChI=1S/C29H31F3N6O2/c1-19(2)10-11-28(21-6-4-3-5-7-21)26(40)38(27(33)35-28)17-20-8-9-23(29(30,31)32)22(16-20)25(39)37-15-14-36-13-12-34-24(36)18-37/h3-9,12-13,16,19H,10-11,14-15,17-18H2,1-2H3,(H2,33,35)/t28-/m1/s1. The van der Waals surface area contributed by atoms with Crippen LogP contribution in [0, 0.1) is 5.92 Å². The molecule has 11 heteroatoms. The Labute approximate surface area is 230 Å². The maximum Gasteiger partial charge on any atom is 0.417 e. The second-order valence-electron chi connectivity index (χ2n) is 10.7. The molecule has 2 aromatic carbocycles. The number of fused-ring (bicyclic) bond motifs is 1. The van der Waals surface area contributed by atoms with Crippen LogP contribution in [0.3, 0.4) is 0 Å². The lowest BCUT2D eigenvalue weighted by molar-refractivity contribution is -0.138. The summed E-state index contributed by atoms with van der Waals surface area (Å²) in [5.74, 6) is -0.168. The quantitative estimate of drug-likeness (QED) is 0.465. The first-order chi connectivity index (χ1) is 19.0. The molecule has 2 amide bonds. The van der Waals surface area contributed by atoms with E-state index >= 15 is 0 Å². The highest BCUT2D eigenvalue weighted by atomic mass is 19.4. The van der Waals surface area contributed by atoms with E-state index in [0.29, 0.717) is 35.8 Å². The third-order valence-electron chi connectivity index (χ3n) is 7.51.